The van der Waals surface area contributed by atoms with Crippen LogP contribution in [0, 0.1) is 12.8 Å². The molecule has 3 heterocycles. The Bertz CT molecular complexity index is 1720. The fourth-order valence-corrected chi connectivity index (χ4v) is 5.70. The van der Waals surface area contributed by atoms with Crippen LogP contribution in [-0.4, -0.2) is 49.8 Å². The molecule has 1 fully saturated rings. The highest BCUT2D eigenvalue weighted by Gasteiger charge is 2.26. The van der Waals surface area contributed by atoms with E-state index in [1.54, 1.807) is 43.1 Å². The van der Waals surface area contributed by atoms with Crippen molar-refractivity contribution in [2.24, 2.45) is 5.92 Å². The number of ether oxygens (including phenoxy) is 1. The van der Waals surface area contributed by atoms with Gasteiger partial charge in [-0.25, -0.2) is 9.59 Å². The molecule has 3 aromatic heterocycles. The number of benzene rings is 1. The normalized spacial score (nSPS) is 17.1. The lowest BCUT2D eigenvalue weighted by Crippen LogP contribution is -2.39. The smallest absolute Gasteiger partial charge is 0.414 e. The van der Waals surface area contributed by atoms with E-state index in [2.05, 4.69) is 15.3 Å². The van der Waals surface area contributed by atoms with E-state index in [1.807, 2.05) is 49.6 Å². The summed E-state index contributed by atoms with van der Waals surface area (Å²) in [5.74, 6) is 0.117. The molecule has 0 spiro atoms. The Morgan fingerprint density at radius 3 is 2.47 bits per heavy atom. The maximum Gasteiger partial charge on any atom is 0.414 e. The number of carbonyl (C=O) groups excluding carboxylic acids is 2. The van der Waals surface area contributed by atoms with Gasteiger partial charge in [-0.1, -0.05) is 23.7 Å². The van der Waals surface area contributed by atoms with Crippen LogP contribution in [-0.2, 0) is 11.3 Å². The number of aryl methyl sites for hydroxylation is 1. The van der Waals surface area contributed by atoms with Gasteiger partial charge in [0, 0.05) is 25.8 Å². The van der Waals surface area contributed by atoms with Crippen molar-refractivity contribution in [3.63, 3.8) is 0 Å². The fourth-order valence-electron chi connectivity index (χ4n) is 5.54. The third kappa shape index (κ3) is 6.74. The van der Waals surface area contributed by atoms with Crippen LogP contribution in [0.1, 0.15) is 62.5 Å². The van der Waals surface area contributed by atoms with Gasteiger partial charge in [-0.05, 0) is 83.6 Å². The molecule has 226 valence electrons. The first-order chi connectivity index (χ1) is 20.4. The maximum absolute atomic E-state index is 13.9. The Kier molecular flexibility index (Phi) is 8.59. The van der Waals surface area contributed by atoms with Crippen molar-refractivity contribution in [2.45, 2.75) is 71.6 Å². The average Bonchev–Trinajstić information content (AvgIpc) is 3.24. The van der Waals surface area contributed by atoms with Gasteiger partial charge in [0.1, 0.15) is 5.60 Å². The maximum atomic E-state index is 13.9. The van der Waals surface area contributed by atoms with Gasteiger partial charge in [-0.3, -0.25) is 28.8 Å². The van der Waals surface area contributed by atoms with Crippen molar-refractivity contribution in [3.8, 4) is 5.69 Å². The van der Waals surface area contributed by atoms with E-state index < -0.39 is 11.7 Å². The van der Waals surface area contributed by atoms with Crippen molar-refractivity contribution in [2.75, 3.05) is 11.9 Å². The van der Waals surface area contributed by atoms with Gasteiger partial charge >= 0.3 is 11.8 Å². The second kappa shape index (κ2) is 12.2. The van der Waals surface area contributed by atoms with Gasteiger partial charge < -0.3 is 10.1 Å². The summed E-state index contributed by atoms with van der Waals surface area (Å²) in [6.45, 7) is 7.79. The summed E-state index contributed by atoms with van der Waals surface area (Å²) >= 11 is 6.05. The molecular weight excluding hydrogens is 568 g/mol. The second-order valence-corrected chi connectivity index (χ2v) is 12.6. The summed E-state index contributed by atoms with van der Waals surface area (Å²) in [7, 11) is 1.62. The topological polar surface area (TPSA) is 111 Å². The SMILES string of the molecule is Cc1ncc(Cl)cc1C(=O)NC1CCC(Cn2c(=O)n(-c3cncc(N(C)C(=O)OC(C)(C)C)c3)c3ccccc32)CC1. The predicted octanol–water partition coefficient (Wildman–Crippen LogP) is 5.90. The number of imidazole rings is 1. The minimum absolute atomic E-state index is 0.0518. The van der Waals surface area contributed by atoms with E-state index in [4.69, 9.17) is 16.3 Å². The molecule has 10 nitrogen and oxygen atoms in total. The molecule has 4 aromatic rings. The zero-order valence-electron chi connectivity index (χ0n) is 25.1. The molecule has 5 rings (SSSR count). The van der Waals surface area contributed by atoms with Crippen LogP contribution in [0.25, 0.3) is 16.7 Å². The largest absolute Gasteiger partial charge is 0.443 e. The first-order valence-corrected chi connectivity index (χ1v) is 14.8. The first-order valence-electron chi connectivity index (χ1n) is 14.5. The molecule has 0 atom stereocenters. The summed E-state index contributed by atoms with van der Waals surface area (Å²) in [5.41, 5.74) is 2.99. The van der Waals surface area contributed by atoms with Gasteiger partial charge in [0.15, 0.2) is 0 Å². The average molecular weight is 605 g/mol. The number of aromatic nitrogens is 4. The van der Waals surface area contributed by atoms with E-state index >= 15 is 0 Å². The molecule has 0 bridgehead atoms. The number of carbonyl (C=O) groups is 2. The monoisotopic (exact) mass is 604 g/mol. The molecule has 1 N–H and O–H groups in total. The number of pyridine rings is 2. The summed E-state index contributed by atoms with van der Waals surface area (Å²) in [5, 5.41) is 3.57. The summed E-state index contributed by atoms with van der Waals surface area (Å²) in [6.07, 6.45) is 7.61. The lowest BCUT2D eigenvalue weighted by molar-refractivity contribution is 0.0589. The van der Waals surface area contributed by atoms with Gasteiger partial charge in [0.25, 0.3) is 5.91 Å². The highest BCUT2D eigenvalue weighted by Crippen LogP contribution is 2.28. The third-order valence-corrected chi connectivity index (χ3v) is 7.99. The van der Waals surface area contributed by atoms with Crippen LogP contribution in [0.5, 0.6) is 0 Å². The van der Waals surface area contributed by atoms with Gasteiger partial charge in [-0.2, -0.15) is 0 Å². The molecule has 1 saturated carbocycles. The molecule has 43 heavy (non-hydrogen) atoms. The van der Waals surface area contributed by atoms with Crippen LogP contribution in [0.2, 0.25) is 5.02 Å². The molecule has 0 saturated heterocycles. The Morgan fingerprint density at radius 1 is 1.07 bits per heavy atom. The van der Waals surface area contributed by atoms with Gasteiger partial charge in [0.2, 0.25) is 0 Å². The summed E-state index contributed by atoms with van der Waals surface area (Å²) < 4.78 is 8.96. The molecule has 2 amide bonds. The number of rotatable bonds is 6. The number of hydrogen-bond acceptors (Lipinski definition) is 6. The summed E-state index contributed by atoms with van der Waals surface area (Å²) in [4.78, 5) is 49.3. The first kappa shape index (κ1) is 30.3. The molecule has 0 radical (unpaired) electrons. The predicted molar refractivity (Wildman–Crippen MR) is 167 cm³/mol. The number of nitrogens with one attached hydrogen (secondary N) is 1. The fraction of sp³-hybridized carbons (Fsp3) is 0.406. The van der Waals surface area contributed by atoms with Crippen molar-refractivity contribution >= 4 is 40.3 Å². The van der Waals surface area contributed by atoms with Crippen molar-refractivity contribution in [1.29, 1.82) is 0 Å². The van der Waals surface area contributed by atoms with E-state index in [0.29, 0.717) is 34.2 Å². The molecule has 1 aromatic carbocycles. The van der Waals surface area contributed by atoms with Crippen LogP contribution in [0.15, 0.2) is 59.8 Å². The zero-order chi connectivity index (χ0) is 30.9. The molecule has 1 aliphatic rings. The van der Waals surface area contributed by atoms with Crippen LogP contribution >= 0.6 is 11.6 Å². The number of fused-ring (bicyclic) bond motifs is 1. The zero-order valence-corrected chi connectivity index (χ0v) is 25.9. The van der Waals surface area contributed by atoms with Crippen LogP contribution < -0.4 is 15.9 Å². The number of para-hydroxylation sites is 2. The Balaban J connectivity index is 1.33. The Morgan fingerprint density at radius 2 is 1.77 bits per heavy atom. The number of nitrogens with zero attached hydrogens (tertiary/aromatic N) is 5. The minimum Gasteiger partial charge on any atom is -0.443 e. The Hall–Kier alpha value is -4.18. The number of amides is 2. The van der Waals surface area contributed by atoms with Crippen LogP contribution in [0.3, 0.4) is 0 Å². The number of anilines is 1. The Labute approximate surface area is 255 Å². The van der Waals surface area contributed by atoms with Crippen molar-refractivity contribution in [3.05, 3.63) is 81.8 Å². The highest BCUT2D eigenvalue weighted by molar-refractivity contribution is 6.30. The summed E-state index contributed by atoms with van der Waals surface area (Å²) in [6, 6.07) is 11.1. The molecule has 1 aliphatic carbocycles. The van der Waals surface area contributed by atoms with Gasteiger partial charge in [-0.15, -0.1) is 0 Å². The van der Waals surface area contributed by atoms with E-state index in [1.165, 1.54) is 11.1 Å². The lowest BCUT2D eigenvalue weighted by atomic mass is 9.85. The number of hydrogen-bond donors (Lipinski definition) is 1. The van der Waals surface area contributed by atoms with E-state index in [0.717, 1.165) is 36.7 Å². The molecular formula is C32H37ClN6O4. The quantitative estimate of drug-likeness (QED) is 0.293. The third-order valence-electron chi connectivity index (χ3n) is 7.78. The highest BCUT2D eigenvalue weighted by atomic mass is 35.5. The molecule has 11 heteroatoms. The van der Waals surface area contributed by atoms with Gasteiger partial charge in [0.05, 0.1) is 51.1 Å². The van der Waals surface area contributed by atoms with E-state index in [-0.39, 0.29) is 23.6 Å². The van der Waals surface area contributed by atoms with Crippen molar-refractivity contribution in [1.82, 2.24) is 24.4 Å². The van der Waals surface area contributed by atoms with Crippen molar-refractivity contribution < 1.29 is 14.3 Å². The second-order valence-electron chi connectivity index (χ2n) is 12.1. The molecule has 0 unspecified atom stereocenters. The number of halogens is 1. The minimum atomic E-state index is -0.641. The van der Waals surface area contributed by atoms with E-state index in [9.17, 15) is 14.4 Å². The lowest BCUT2D eigenvalue weighted by Gasteiger charge is -2.29. The standard InChI is InChI=1S/C32H37ClN6O4/c1-20-26(14-22(33)16-35-20)29(40)36-23-12-10-21(11-13-23)19-38-27-8-6-7-9-28(27)39(30(38)41)25-15-24(17-34-18-25)37(5)31(42)43-32(2,3)4/h6-9,14-18,21,23H,10-13,19H2,1-5H3,(H,36,40). The molecule has 0 aliphatic heterocycles. The van der Waals surface area contributed by atoms with Crippen LogP contribution in [0.4, 0.5) is 10.5 Å².